The summed E-state index contributed by atoms with van der Waals surface area (Å²) in [6, 6.07) is 5.51. The molecule has 0 saturated carbocycles. The molecule has 1 amide bonds. The van der Waals surface area contributed by atoms with Crippen molar-refractivity contribution in [2.45, 2.75) is 39.3 Å². The van der Waals surface area contributed by atoms with Gasteiger partial charge in [0.05, 0.1) is 0 Å². The van der Waals surface area contributed by atoms with Gasteiger partial charge in [0, 0.05) is 48.3 Å². The lowest BCUT2D eigenvalue weighted by molar-refractivity contribution is -0.529. The Balaban J connectivity index is 3.01. The zero-order valence-electron chi connectivity index (χ0n) is 14.9. The van der Waals surface area contributed by atoms with E-state index in [1.54, 1.807) is 12.1 Å². The maximum absolute atomic E-state index is 11.6. The van der Waals surface area contributed by atoms with E-state index in [2.05, 4.69) is 0 Å². The van der Waals surface area contributed by atoms with E-state index in [0.717, 1.165) is 0 Å². The molecule has 0 aromatic heterocycles. The van der Waals surface area contributed by atoms with Gasteiger partial charge in [0.15, 0.2) is 0 Å². The van der Waals surface area contributed by atoms with Crippen LogP contribution in [0.2, 0.25) is 6.04 Å². The molecule has 1 aromatic carbocycles. The fraction of sp³-hybridized carbons (Fsp3) is 0.562. The molecule has 1 unspecified atom stereocenters. The summed E-state index contributed by atoms with van der Waals surface area (Å²) in [6.07, 6.45) is 0.182. The Labute approximate surface area is 148 Å². The summed E-state index contributed by atoms with van der Waals surface area (Å²) in [5.41, 5.74) is 5.93. The first kappa shape index (κ1) is 21.2. The molecule has 1 rings (SSSR count). The first-order chi connectivity index (χ1) is 11.9. The largest absolute Gasteiger partial charge is 0.501 e. The van der Waals surface area contributed by atoms with E-state index in [0.29, 0.717) is 31.4 Å². The first-order valence-corrected chi connectivity index (χ1v) is 10.3. The fourth-order valence-electron chi connectivity index (χ4n) is 2.61. The van der Waals surface area contributed by atoms with Crippen LogP contribution in [-0.2, 0) is 13.3 Å². The lowest BCUT2D eigenvalue weighted by atomic mass is 10.0. The second kappa shape index (κ2) is 10.2. The van der Waals surface area contributed by atoms with Crippen LogP contribution in [-0.4, -0.2) is 39.5 Å². The predicted octanol–water partition coefficient (Wildman–Crippen LogP) is 2.54. The Morgan fingerprint density at radius 2 is 1.76 bits per heavy atom. The van der Waals surface area contributed by atoms with E-state index in [-0.39, 0.29) is 16.9 Å². The normalized spacial score (nSPS) is 12.8. The van der Waals surface area contributed by atoms with E-state index in [1.165, 1.54) is 12.1 Å². The van der Waals surface area contributed by atoms with Crippen molar-refractivity contribution in [1.82, 2.24) is 0 Å². The monoisotopic (exact) mass is 370 g/mol. The molecule has 1 aromatic rings. The average molecular weight is 370 g/mol. The SMILES string of the molecule is CCO[Si](CCC(c1cccc(C(N)=O)c1)[N+](=O)[O-])(OCC)OCC. The van der Waals surface area contributed by atoms with Crippen LogP contribution in [0.4, 0.5) is 0 Å². The number of amides is 1. The van der Waals surface area contributed by atoms with E-state index in [9.17, 15) is 14.9 Å². The maximum atomic E-state index is 11.6. The van der Waals surface area contributed by atoms with Crippen molar-refractivity contribution in [3.8, 4) is 0 Å². The van der Waals surface area contributed by atoms with Crippen LogP contribution in [0.3, 0.4) is 0 Å². The summed E-state index contributed by atoms with van der Waals surface area (Å²) in [5, 5.41) is 11.6. The molecular weight excluding hydrogens is 344 g/mol. The van der Waals surface area contributed by atoms with E-state index < -0.39 is 20.8 Å². The highest BCUT2D eigenvalue weighted by Crippen LogP contribution is 2.28. The third-order valence-electron chi connectivity index (χ3n) is 3.63. The number of primary amides is 1. The highest BCUT2D eigenvalue weighted by Gasteiger charge is 2.42. The zero-order valence-corrected chi connectivity index (χ0v) is 15.9. The number of benzene rings is 1. The van der Waals surface area contributed by atoms with Crippen LogP contribution < -0.4 is 5.73 Å². The average Bonchev–Trinajstić information content (AvgIpc) is 2.55. The molecule has 0 spiro atoms. The minimum absolute atomic E-state index is 0.182. The Bertz CT molecular complexity index is 566. The summed E-state index contributed by atoms with van der Waals surface area (Å²) in [7, 11) is -2.97. The van der Waals surface area contributed by atoms with Crippen LogP contribution in [0.1, 0.15) is 49.2 Å². The van der Waals surface area contributed by atoms with Gasteiger partial charge in [0.25, 0.3) is 0 Å². The molecule has 25 heavy (non-hydrogen) atoms. The topological polar surface area (TPSA) is 114 Å². The Kier molecular flexibility index (Phi) is 8.70. The molecule has 0 radical (unpaired) electrons. The summed E-state index contributed by atoms with van der Waals surface area (Å²) in [4.78, 5) is 22.5. The molecule has 9 heteroatoms. The molecule has 0 fully saturated rings. The number of nitro groups is 1. The standard InChI is InChI=1S/C16H26N2O6Si/c1-4-22-25(23-5-2,24-6-3)11-10-15(18(20)21)13-8-7-9-14(12-13)16(17)19/h7-9,12,15H,4-6,10-11H2,1-3H3,(H2,17,19). The molecule has 2 N–H and O–H groups in total. The van der Waals surface area contributed by atoms with Gasteiger partial charge >= 0.3 is 8.80 Å². The van der Waals surface area contributed by atoms with Crippen molar-refractivity contribution in [1.29, 1.82) is 0 Å². The van der Waals surface area contributed by atoms with Crippen LogP contribution in [0.15, 0.2) is 24.3 Å². The Hall–Kier alpha value is -1.81. The lowest BCUT2D eigenvalue weighted by Crippen LogP contribution is -2.46. The predicted molar refractivity (Wildman–Crippen MR) is 94.8 cm³/mol. The highest BCUT2D eigenvalue weighted by atomic mass is 28.4. The number of rotatable bonds is 12. The first-order valence-electron chi connectivity index (χ1n) is 8.34. The van der Waals surface area contributed by atoms with Crippen molar-refractivity contribution in [2.24, 2.45) is 5.73 Å². The van der Waals surface area contributed by atoms with E-state index >= 15 is 0 Å². The summed E-state index contributed by atoms with van der Waals surface area (Å²) >= 11 is 0. The molecule has 8 nitrogen and oxygen atoms in total. The molecule has 0 bridgehead atoms. The van der Waals surface area contributed by atoms with Crippen LogP contribution >= 0.6 is 0 Å². The molecule has 0 aliphatic rings. The highest BCUT2D eigenvalue weighted by molar-refractivity contribution is 6.60. The number of hydrogen-bond acceptors (Lipinski definition) is 6. The van der Waals surface area contributed by atoms with Crippen molar-refractivity contribution in [2.75, 3.05) is 19.8 Å². The van der Waals surface area contributed by atoms with Crippen LogP contribution in [0.5, 0.6) is 0 Å². The molecule has 140 valence electrons. The van der Waals surface area contributed by atoms with Crippen molar-refractivity contribution in [3.05, 3.63) is 45.5 Å². The molecule has 0 aliphatic carbocycles. The van der Waals surface area contributed by atoms with Gasteiger partial charge in [-0.2, -0.15) is 0 Å². The number of carbonyl (C=O) groups excluding carboxylic acids is 1. The van der Waals surface area contributed by atoms with Gasteiger partial charge in [-0.05, 0) is 32.9 Å². The molecule has 1 atom stereocenters. The molecule has 0 aliphatic heterocycles. The Morgan fingerprint density at radius 1 is 1.20 bits per heavy atom. The fourth-order valence-corrected chi connectivity index (χ4v) is 5.24. The number of carbonyl (C=O) groups is 1. The van der Waals surface area contributed by atoms with Crippen molar-refractivity contribution in [3.63, 3.8) is 0 Å². The minimum atomic E-state index is -2.97. The lowest BCUT2D eigenvalue weighted by Gasteiger charge is -2.28. The van der Waals surface area contributed by atoms with Gasteiger partial charge in [-0.1, -0.05) is 12.1 Å². The van der Waals surface area contributed by atoms with Crippen LogP contribution in [0.25, 0.3) is 0 Å². The van der Waals surface area contributed by atoms with Crippen molar-refractivity contribution < 1.29 is 23.0 Å². The minimum Gasteiger partial charge on any atom is -0.374 e. The summed E-state index contributed by atoms with van der Waals surface area (Å²) in [5.74, 6) is -0.620. The van der Waals surface area contributed by atoms with Gasteiger partial charge in [-0.25, -0.2) is 0 Å². The number of nitrogens with zero attached hydrogens (tertiary/aromatic N) is 1. The zero-order chi connectivity index (χ0) is 18.9. The van der Waals surface area contributed by atoms with E-state index in [4.69, 9.17) is 19.0 Å². The molecule has 0 heterocycles. The van der Waals surface area contributed by atoms with Crippen LogP contribution in [0, 0.1) is 10.1 Å². The second-order valence-electron chi connectivity index (χ2n) is 5.31. The third kappa shape index (κ3) is 6.20. The third-order valence-corrected chi connectivity index (χ3v) is 6.71. The van der Waals surface area contributed by atoms with Gasteiger partial charge in [-0.15, -0.1) is 0 Å². The smallest absolute Gasteiger partial charge is 0.374 e. The van der Waals surface area contributed by atoms with Gasteiger partial charge in [0.2, 0.25) is 11.9 Å². The van der Waals surface area contributed by atoms with E-state index in [1.807, 2.05) is 20.8 Å². The van der Waals surface area contributed by atoms with Gasteiger partial charge < -0.3 is 19.0 Å². The van der Waals surface area contributed by atoms with Gasteiger partial charge in [-0.3, -0.25) is 14.9 Å². The quantitative estimate of drug-likeness (QED) is 0.343. The summed E-state index contributed by atoms with van der Waals surface area (Å²) in [6.45, 7) is 6.73. The molecular formula is C16H26N2O6Si. The Morgan fingerprint density at radius 3 is 2.20 bits per heavy atom. The molecule has 0 saturated heterocycles. The summed E-state index contributed by atoms with van der Waals surface area (Å²) < 4.78 is 17.2. The van der Waals surface area contributed by atoms with Gasteiger partial charge in [0.1, 0.15) is 0 Å². The number of hydrogen-bond donors (Lipinski definition) is 1. The maximum Gasteiger partial charge on any atom is 0.501 e. The second-order valence-corrected chi connectivity index (χ2v) is 8.04. The van der Waals surface area contributed by atoms with Crippen molar-refractivity contribution >= 4 is 14.7 Å². The number of nitrogens with two attached hydrogens (primary N) is 1.